The van der Waals surface area contributed by atoms with Gasteiger partial charge in [-0.2, -0.15) is 0 Å². The SMILES string of the molecule is COc1nccnc1NS(=O)(=O)c1ccc(N=Cc2ccccc2O)cc1. The molecule has 0 saturated heterocycles. The van der Waals surface area contributed by atoms with Crippen LogP contribution in [-0.2, 0) is 10.0 Å². The first-order valence-corrected chi connectivity index (χ1v) is 9.28. The quantitative estimate of drug-likeness (QED) is 0.632. The summed E-state index contributed by atoms with van der Waals surface area (Å²) in [6, 6.07) is 12.7. The fourth-order valence-corrected chi connectivity index (χ4v) is 3.19. The summed E-state index contributed by atoms with van der Waals surface area (Å²) in [4.78, 5) is 12.1. The fourth-order valence-electron chi connectivity index (χ4n) is 2.18. The standard InChI is InChI=1S/C18H16N4O4S/c1-26-18-17(19-10-11-20-18)22-27(24,25)15-8-6-14(7-9-15)21-12-13-4-2-3-5-16(13)23/h2-12,23H,1H3,(H,19,22). The molecule has 2 aromatic carbocycles. The summed E-state index contributed by atoms with van der Waals surface area (Å²) in [5.41, 5.74) is 1.10. The molecular weight excluding hydrogens is 368 g/mol. The van der Waals surface area contributed by atoms with E-state index in [2.05, 4.69) is 19.7 Å². The van der Waals surface area contributed by atoms with Crippen molar-refractivity contribution in [2.45, 2.75) is 4.90 Å². The molecule has 27 heavy (non-hydrogen) atoms. The van der Waals surface area contributed by atoms with Crippen LogP contribution in [0.25, 0.3) is 0 Å². The monoisotopic (exact) mass is 384 g/mol. The van der Waals surface area contributed by atoms with Crippen LogP contribution < -0.4 is 9.46 Å². The van der Waals surface area contributed by atoms with Crippen molar-refractivity contribution in [1.29, 1.82) is 0 Å². The molecule has 0 aliphatic rings. The predicted octanol–water partition coefficient (Wildman–Crippen LogP) is 2.74. The summed E-state index contributed by atoms with van der Waals surface area (Å²) in [6.07, 6.45) is 4.26. The van der Waals surface area contributed by atoms with E-state index in [1.165, 1.54) is 37.9 Å². The lowest BCUT2D eigenvalue weighted by Gasteiger charge is -2.09. The Hall–Kier alpha value is -3.46. The third kappa shape index (κ3) is 4.39. The Morgan fingerprint density at radius 2 is 1.78 bits per heavy atom. The Balaban J connectivity index is 1.79. The molecule has 0 aliphatic heterocycles. The van der Waals surface area contributed by atoms with Crippen LogP contribution >= 0.6 is 0 Å². The summed E-state index contributed by atoms with van der Waals surface area (Å²) in [6.45, 7) is 0. The molecule has 0 bridgehead atoms. The lowest BCUT2D eigenvalue weighted by atomic mass is 10.2. The average Bonchev–Trinajstić information content (AvgIpc) is 2.68. The van der Waals surface area contributed by atoms with Crippen molar-refractivity contribution in [2.75, 3.05) is 11.8 Å². The Kier molecular flexibility index (Phi) is 5.32. The summed E-state index contributed by atoms with van der Waals surface area (Å²) in [7, 11) is -2.49. The molecule has 1 heterocycles. The minimum Gasteiger partial charge on any atom is -0.507 e. The van der Waals surface area contributed by atoms with Gasteiger partial charge in [-0.1, -0.05) is 12.1 Å². The first-order chi connectivity index (χ1) is 13.0. The predicted molar refractivity (Wildman–Crippen MR) is 101 cm³/mol. The van der Waals surface area contributed by atoms with Crippen molar-refractivity contribution in [2.24, 2.45) is 4.99 Å². The molecule has 0 saturated carbocycles. The van der Waals surface area contributed by atoms with Gasteiger partial charge in [-0.3, -0.25) is 9.71 Å². The largest absolute Gasteiger partial charge is 0.507 e. The molecule has 3 aromatic rings. The third-order valence-corrected chi connectivity index (χ3v) is 4.88. The number of nitrogens with zero attached hydrogens (tertiary/aromatic N) is 3. The van der Waals surface area contributed by atoms with Gasteiger partial charge in [0.25, 0.3) is 15.9 Å². The summed E-state index contributed by atoms with van der Waals surface area (Å²) in [5, 5.41) is 9.72. The van der Waals surface area contributed by atoms with Crippen LogP contribution in [0.3, 0.4) is 0 Å². The van der Waals surface area contributed by atoms with Gasteiger partial charge in [-0.25, -0.2) is 18.4 Å². The second-order valence-electron chi connectivity index (χ2n) is 5.33. The van der Waals surface area contributed by atoms with Crippen molar-refractivity contribution in [3.05, 3.63) is 66.5 Å². The van der Waals surface area contributed by atoms with Gasteiger partial charge in [0.2, 0.25) is 5.82 Å². The summed E-state index contributed by atoms with van der Waals surface area (Å²) in [5.74, 6) is 0.189. The topological polar surface area (TPSA) is 114 Å². The van der Waals surface area contributed by atoms with Crippen molar-refractivity contribution in [3.8, 4) is 11.6 Å². The highest BCUT2D eigenvalue weighted by atomic mass is 32.2. The number of sulfonamides is 1. The van der Waals surface area contributed by atoms with E-state index in [1.807, 2.05) is 0 Å². The molecule has 1 aromatic heterocycles. The van der Waals surface area contributed by atoms with E-state index in [0.717, 1.165) is 0 Å². The highest BCUT2D eigenvalue weighted by Gasteiger charge is 2.17. The molecule has 0 spiro atoms. The zero-order chi connectivity index (χ0) is 19.3. The molecule has 8 nitrogen and oxygen atoms in total. The highest BCUT2D eigenvalue weighted by molar-refractivity contribution is 7.92. The molecule has 138 valence electrons. The Labute approximate surface area is 156 Å². The molecule has 2 N–H and O–H groups in total. The van der Waals surface area contributed by atoms with E-state index < -0.39 is 10.0 Å². The maximum absolute atomic E-state index is 12.5. The van der Waals surface area contributed by atoms with Gasteiger partial charge in [0.15, 0.2) is 0 Å². The van der Waals surface area contributed by atoms with Gasteiger partial charge in [0, 0.05) is 24.2 Å². The normalized spacial score (nSPS) is 11.4. The van der Waals surface area contributed by atoms with Gasteiger partial charge in [-0.15, -0.1) is 0 Å². The van der Waals surface area contributed by atoms with Crippen LogP contribution in [0.1, 0.15) is 5.56 Å². The number of phenols is 1. The number of aliphatic imine (C=N–C) groups is 1. The van der Waals surface area contributed by atoms with E-state index in [1.54, 1.807) is 36.4 Å². The number of hydrogen-bond acceptors (Lipinski definition) is 7. The lowest BCUT2D eigenvalue weighted by Crippen LogP contribution is -2.14. The minimum absolute atomic E-state index is 0.00153. The number of hydrogen-bond donors (Lipinski definition) is 2. The molecule has 0 amide bonds. The zero-order valence-electron chi connectivity index (χ0n) is 14.3. The number of para-hydroxylation sites is 1. The van der Waals surface area contributed by atoms with Crippen LogP contribution in [0.4, 0.5) is 11.5 Å². The number of anilines is 1. The number of aromatic hydroxyl groups is 1. The number of benzene rings is 2. The molecule has 0 radical (unpaired) electrons. The number of nitrogens with one attached hydrogen (secondary N) is 1. The van der Waals surface area contributed by atoms with Gasteiger partial charge < -0.3 is 9.84 Å². The third-order valence-electron chi connectivity index (χ3n) is 3.53. The molecule has 3 rings (SSSR count). The molecular formula is C18H16N4O4S. The maximum atomic E-state index is 12.5. The zero-order valence-corrected chi connectivity index (χ0v) is 15.1. The number of ether oxygens (including phenoxy) is 1. The van der Waals surface area contributed by atoms with E-state index in [4.69, 9.17) is 4.74 Å². The van der Waals surface area contributed by atoms with Crippen molar-refractivity contribution >= 4 is 27.7 Å². The van der Waals surface area contributed by atoms with E-state index >= 15 is 0 Å². The average molecular weight is 384 g/mol. The van der Waals surface area contributed by atoms with E-state index in [9.17, 15) is 13.5 Å². The first-order valence-electron chi connectivity index (χ1n) is 7.79. The van der Waals surface area contributed by atoms with Gasteiger partial charge in [0.1, 0.15) is 5.75 Å². The fraction of sp³-hybridized carbons (Fsp3) is 0.0556. The second-order valence-corrected chi connectivity index (χ2v) is 7.01. The maximum Gasteiger partial charge on any atom is 0.263 e. The number of phenolic OH excluding ortho intramolecular Hbond substituents is 1. The molecule has 0 atom stereocenters. The minimum atomic E-state index is -3.86. The van der Waals surface area contributed by atoms with Crippen molar-refractivity contribution in [3.63, 3.8) is 0 Å². The van der Waals surface area contributed by atoms with E-state index in [-0.39, 0.29) is 22.3 Å². The van der Waals surface area contributed by atoms with Crippen LogP contribution in [0.15, 0.2) is 70.8 Å². The van der Waals surface area contributed by atoms with Gasteiger partial charge in [-0.05, 0) is 36.4 Å². The number of methoxy groups -OCH3 is 1. The molecule has 9 heteroatoms. The number of rotatable bonds is 6. The first kappa shape index (κ1) is 18.3. The van der Waals surface area contributed by atoms with Crippen molar-refractivity contribution < 1.29 is 18.3 Å². The summed E-state index contributed by atoms with van der Waals surface area (Å²) < 4.78 is 32.3. The smallest absolute Gasteiger partial charge is 0.263 e. The molecule has 0 aliphatic carbocycles. The van der Waals surface area contributed by atoms with E-state index in [0.29, 0.717) is 11.3 Å². The lowest BCUT2D eigenvalue weighted by molar-refractivity contribution is 0.398. The molecule has 0 fully saturated rings. The Morgan fingerprint density at radius 1 is 1.07 bits per heavy atom. The molecule has 0 unspecified atom stereocenters. The van der Waals surface area contributed by atoms with Crippen LogP contribution in [-0.4, -0.2) is 36.8 Å². The van der Waals surface area contributed by atoms with Crippen LogP contribution in [0, 0.1) is 0 Å². The second kappa shape index (κ2) is 7.83. The van der Waals surface area contributed by atoms with Crippen LogP contribution in [0.2, 0.25) is 0 Å². The van der Waals surface area contributed by atoms with Crippen LogP contribution in [0.5, 0.6) is 11.6 Å². The highest BCUT2D eigenvalue weighted by Crippen LogP contribution is 2.23. The van der Waals surface area contributed by atoms with Crippen molar-refractivity contribution in [1.82, 2.24) is 9.97 Å². The summed E-state index contributed by atoms with van der Waals surface area (Å²) >= 11 is 0. The number of aromatic nitrogens is 2. The van der Waals surface area contributed by atoms with Gasteiger partial charge >= 0.3 is 0 Å². The van der Waals surface area contributed by atoms with Gasteiger partial charge in [0.05, 0.1) is 17.7 Å². The Morgan fingerprint density at radius 3 is 2.48 bits per heavy atom. The Bertz CT molecular complexity index is 1070.